The molecule has 0 bridgehead atoms. The third kappa shape index (κ3) is 2.47. The molecular formula is C20H17N3O3. The van der Waals surface area contributed by atoms with Crippen molar-refractivity contribution in [3.05, 3.63) is 71.3 Å². The van der Waals surface area contributed by atoms with Gasteiger partial charge in [-0.3, -0.25) is 14.2 Å². The Morgan fingerprint density at radius 3 is 2.58 bits per heavy atom. The molecule has 1 unspecified atom stereocenters. The second kappa shape index (κ2) is 6.15. The molecule has 6 heteroatoms. The molecule has 0 aliphatic heterocycles. The van der Waals surface area contributed by atoms with E-state index < -0.39 is 6.04 Å². The molecule has 2 heterocycles. The number of carbonyl (C=O) groups is 1. The molecule has 0 saturated carbocycles. The van der Waals surface area contributed by atoms with Crippen molar-refractivity contribution in [1.82, 2.24) is 9.55 Å². The van der Waals surface area contributed by atoms with Gasteiger partial charge >= 0.3 is 0 Å². The summed E-state index contributed by atoms with van der Waals surface area (Å²) in [6.45, 7) is 1.68. The Bertz CT molecular complexity index is 1160. The number of fused-ring (bicyclic) bond motifs is 3. The van der Waals surface area contributed by atoms with Gasteiger partial charge < -0.3 is 9.32 Å². The summed E-state index contributed by atoms with van der Waals surface area (Å²) in [7, 11) is 1.69. The summed E-state index contributed by atoms with van der Waals surface area (Å²) in [5.74, 6) is -0.212. The predicted octanol–water partition coefficient (Wildman–Crippen LogP) is 3.37. The molecule has 0 fully saturated rings. The number of benzene rings is 2. The van der Waals surface area contributed by atoms with Crippen LogP contribution in [-0.2, 0) is 4.79 Å². The maximum Gasteiger partial charge on any atom is 0.297 e. The third-order valence-corrected chi connectivity index (χ3v) is 4.56. The van der Waals surface area contributed by atoms with Gasteiger partial charge in [-0.2, -0.15) is 0 Å². The van der Waals surface area contributed by atoms with Crippen LogP contribution in [0.1, 0.15) is 13.0 Å². The van der Waals surface area contributed by atoms with E-state index in [0.717, 1.165) is 11.1 Å². The summed E-state index contributed by atoms with van der Waals surface area (Å²) in [5.41, 5.74) is 1.67. The average molecular weight is 347 g/mol. The van der Waals surface area contributed by atoms with Crippen LogP contribution in [-0.4, -0.2) is 22.5 Å². The Balaban J connectivity index is 1.76. The number of furan rings is 1. The number of hydrogen-bond acceptors (Lipinski definition) is 4. The number of para-hydroxylation sites is 2. The quantitative estimate of drug-likeness (QED) is 0.570. The van der Waals surface area contributed by atoms with Gasteiger partial charge in [-0.1, -0.05) is 30.3 Å². The van der Waals surface area contributed by atoms with Crippen molar-refractivity contribution in [2.24, 2.45) is 0 Å². The molecule has 0 aliphatic rings. The summed E-state index contributed by atoms with van der Waals surface area (Å²) in [6.07, 6.45) is 1.41. The van der Waals surface area contributed by atoms with Crippen molar-refractivity contribution in [1.29, 1.82) is 0 Å². The second-order valence-electron chi connectivity index (χ2n) is 6.14. The number of hydrogen-bond donors (Lipinski definition) is 0. The molecule has 2 aromatic carbocycles. The fourth-order valence-electron chi connectivity index (χ4n) is 3.05. The van der Waals surface area contributed by atoms with Crippen LogP contribution in [0.5, 0.6) is 0 Å². The highest BCUT2D eigenvalue weighted by Gasteiger charge is 2.23. The van der Waals surface area contributed by atoms with E-state index in [9.17, 15) is 9.59 Å². The molecule has 6 nitrogen and oxygen atoms in total. The zero-order valence-corrected chi connectivity index (χ0v) is 14.4. The Labute approximate surface area is 149 Å². The molecule has 1 amide bonds. The van der Waals surface area contributed by atoms with Gasteiger partial charge in [-0.25, -0.2) is 4.98 Å². The normalized spacial score (nSPS) is 12.4. The highest BCUT2D eigenvalue weighted by Crippen LogP contribution is 2.25. The van der Waals surface area contributed by atoms with Crippen LogP contribution >= 0.6 is 0 Å². The molecule has 0 aliphatic carbocycles. The minimum Gasteiger partial charge on any atom is -0.448 e. The van der Waals surface area contributed by atoms with Crippen LogP contribution in [0.4, 0.5) is 5.69 Å². The van der Waals surface area contributed by atoms with Gasteiger partial charge in [-0.05, 0) is 31.2 Å². The number of likely N-dealkylation sites (N-methyl/N-ethyl adjacent to an activating group) is 1. The zero-order chi connectivity index (χ0) is 18.3. The fraction of sp³-hybridized carbons (Fsp3) is 0.150. The first-order valence-electron chi connectivity index (χ1n) is 8.29. The molecule has 4 aromatic rings. The summed E-state index contributed by atoms with van der Waals surface area (Å²) in [4.78, 5) is 31.6. The fourth-order valence-corrected chi connectivity index (χ4v) is 3.05. The first-order valence-corrected chi connectivity index (χ1v) is 8.29. The first-order chi connectivity index (χ1) is 12.6. The highest BCUT2D eigenvalue weighted by atomic mass is 16.3. The van der Waals surface area contributed by atoms with E-state index in [1.54, 1.807) is 20.0 Å². The van der Waals surface area contributed by atoms with E-state index in [4.69, 9.17) is 4.42 Å². The van der Waals surface area contributed by atoms with E-state index in [1.807, 2.05) is 48.5 Å². The Kier molecular flexibility index (Phi) is 3.80. The van der Waals surface area contributed by atoms with Crippen molar-refractivity contribution in [2.45, 2.75) is 13.0 Å². The van der Waals surface area contributed by atoms with Crippen molar-refractivity contribution in [3.8, 4) is 0 Å². The second-order valence-corrected chi connectivity index (χ2v) is 6.14. The van der Waals surface area contributed by atoms with Gasteiger partial charge in [0.05, 0.1) is 6.33 Å². The van der Waals surface area contributed by atoms with Gasteiger partial charge in [-0.15, -0.1) is 0 Å². The maximum atomic E-state index is 12.9. The summed E-state index contributed by atoms with van der Waals surface area (Å²) < 4.78 is 6.99. The first kappa shape index (κ1) is 16.1. The van der Waals surface area contributed by atoms with Gasteiger partial charge in [0.2, 0.25) is 11.5 Å². The number of aromatic nitrogens is 2. The predicted molar refractivity (Wildman–Crippen MR) is 100 cm³/mol. The zero-order valence-electron chi connectivity index (χ0n) is 14.4. The molecule has 0 saturated heterocycles. The van der Waals surface area contributed by atoms with Crippen LogP contribution in [0.3, 0.4) is 0 Å². The molecule has 0 radical (unpaired) electrons. The van der Waals surface area contributed by atoms with Gasteiger partial charge in [0.1, 0.15) is 17.1 Å². The van der Waals surface area contributed by atoms with Crippen molar-refractivity contribution >= 4 is 33.7 Å². The van der Waals surface area contributed by atoms with E-state index in [-0.39, 0.29) is 17.0 Å². The summed E-state index contributed by atoms with van der Waals surface area (Å²) in [6, 6.07) is 15.9. The molecule has 0 N–H and O–H groups in total. The molecule has 0 spiro atoms. The molecule has 4 rings (SSSR count). The van der Waals surface area contributed by atoms with Crippen LogP contribution in [0.25, 0.3) is 22.1 Å². The molecule has 2 aromatic heterocycles. The monoisotopic (exact) mass is 347 g/mol. The molecule has 1 atom stereocenters. The largest absolute Gasteiger partial charge is 0.448 e. The Morgan fingerprint density at radius 2 is 1.81 bits per heavy atom. The molecule has 130 valence electrons. The van der Waals surface area contributed by atoms with E-state index in [1.165, 1.54) is 15.8 Å². The van der Waals surface area contributed by atoms with Crippen molar-refractivity contribution in [3.63, 3.8) is 0 Å². The Hall–Kier alpha value is -3.41. The SMILES string of the molecule is CC(C(=O)N(C)c1ccccc1)n1cnc2c(oc3ccccc32)c1=O. The summed E-state index contributed by atoms with van der Waals surface area (Å²) >= 11 is 0. The molecule has 26 heavy (non-hydrogen) atoms. The Morgan fingerprint density at radius 1 is 1.12 bits per heavy atom. The smallest absolute Gasteiger partial charge is 0.297 e. The number of nitrogens with zero attached hydrogens (tertiary/aromatic N) is 3. The average Bonchev–Trinajstić information content (AvgIpc) is 3.07. The lowest BCUT2D eigenvalue weighted by Crippen LogP contribution is -2.37. The van der Waals surface area contributed by atoms with Crippen LogP contribution in [0.15, 0.2) is 70.1 Å². The van der Waals surface area contributed by atoms with Crippen LogP contribution < -0.4 is 10.5 Å². The lowest BCUT2D eigenvalue weighted by Gasteiger charge is -2.22. The van der Waals surface area contributed by atoms with Crippen LogP contribution in [0.2, 0.25) is 0 Å². The van der Waals surface area contributed by atoms with Crippen LogP contribution in [0, 0.1) is 0 Å². The maximum absolute atomic E-state index is 12.9. The summed E-state index contributed by atoms with van der Waals surface area (Å²) in [5, 5.41) is 0.784. The standard InChI is InChI=1S/C20H17N3O3/c1-13(19(24)22(2)14-8-4-3-5-9-14)23-12-21-17-15-10-6-7-11-16(15)26-18(17)20(23)25/h3-13H,1-2H3. The van der Waals surface area contributed by atoms with E-state index >= 15 is 0 Å². The minimum atomic E-state index is -0.710. The van der Waals surface area contributed by atoms with Gasteiger partial charge in [0, 0.05) is 18.1 Å². The number of amides is 1. The number of carbonyl (C=O) groups excluding carboxylic acids is 1. The lowest BCUT2D eigenvalue weighted by atomic mass is 10.2. The van der Waals surface area contributed by atoms with Crippen molar-refractivity contribution in [2.75, 3.05) is 11.9 Å². The third-order valence-electron chi connectivity index (χ3n) is 4.56. The number of rotatable bonds is 3. The highest BCUT2D eigenvalue weighted by molar-refractivity contribution is 6.02. The molecular weight excluding hydrogens is 330 g/mol. The van der Waals surface area contributed by atoms with E-state index in [2.05, 4.69) is 4.98 Å². The van der Waals surface area contributed by atoms with Gasteiger partial charge in [0.25, 0.3) is 5.56 Å². The van der Waals surface area contributed by atoms with Crippen molar-refractivity contribution < 1.29 is 9.21 Å². The lowest BCUT2D eigenvalue weighted by molar-refractivity contribution is -0.121. The topological polar surface area (TPSA) is 68.3 Å². The minimum absolute atomic E-state index is 0.163. The number of anilines is 1. The van der Waals surface area contributed by atoms with Gasteiger partial charge in [0.15, 0.2) is 0 Å². The van der Waals surface area contributed by atoms with E-state index in [0.29, 0.717) is 11.1 Å².